The molecule has 6 nitrogen and oxygen atoms in total. The predicted molar refractivity (Wildman–Crippen MR) is 78.9 cm³/mol. The topological polar surface area (TPSA) is 93.3 Å². The van der Waals surface area contributed by atoms with Crippen molar-refractivity contribution in [2.45, 2.75) is 10.8 Å². The van der Waals surface area contributed by atoms with Crippen LogP contribution in [0.5, 0.6) is 0 Å². The van der Waals surface area contributed by atoms with Crippen molar-refractivity contribution in [2.24, 2.45) is 0 Å². The van der Waals surface area contributed by atoms with Crippen LogP contribution in [-0.4, -0.2) is 21.0 Å². The summed E-state index contributed by atoms with van der Waals surface area (Å²) >= 11 is 6.96. The van der Waals surface area contributed by atoms with Crippen LogP contribution < -0.4 is 0 Å². The lowest BCUT2D eigenvalue weighted by Crippen LogP contribution is -2.01. The first-order chi connectivity index (χ1) is 9.99. The van der Waals surface area contributed by atoms with Gasteiger partial charge in [0.25, 0.3) is 5.69 Å². The molecule has 0 amide bonds. The number of halogens is 1. The van der Waals surface area contributed by atoms with Gasteiger partial charge in [0.15, 0.2) is 0 Å². The SMILES string of the molecule is O=C(O)c1cccnc1SCc1cc(Cl)ccc1[N+](=O)[O-]. The molecule has 2 rings (SSSR count). The molecule has 0 aliphatic heterocycles. The maximum atomic E-state index is 11.1. The minimum atomic E-state index is -1.09. The van der Waals surface area contributed by atoms with E-state index in [1.165, 1.54) is 36.5 Å². The maximum Gasteiger partial charge on any atom is 0.338 e. The molecule has 21 heavy (non-hydrogen) atoms. The summed E-state index contributed by atoms with van der Waals surface area (Å²) in [4.78, 5) is 25.5. The molecular weight excluding hydrogens is 316 g/mol. The summed E-state index contributed by atoms with van der Waals surface area (Å²) in [5.74, 6) is -0.889. The lowest BCUT2D eigenvalue weighted by molar-refractivity contribution is -0.385. The van der Waals surface area contributed by atoms with Crippen LogP contribution in [-0.2, 0) is 5.75 Å². The number of thioether (sulfide) groups is 1. The summed E-state index contributed by atoms with van der Waals surface area (Å²) in [6, 6.07) is 7.22. The van der Waals surface area contributed by atoms with Crippen molar-refractivity contribution in [1.29, 1.82) is 0 Å². The van der Waals surface area contributed by atoms with Gasteiger partial charge in [-0.2, -0.15) is 0 Å². The zero-order chi connectivity index (χ0) is 15.4. The van der Waals surface area contributed by atoms with Crippen LogP contribution in [0.1, 0.15) is 15.9 Å². The van der Waals surface area contributed by atoms with Crippen molar-refractivity contribution < 1.29 is 14.8 Å². The molecule has 0 saturated carbocycles. The van der Waals surface area contributed by atoms with Gasteiger partial charge in [0.1, 0.15) is 5.03 Å². The third-order valence-electron chi connectivity index (χ3n) is 2.60. The summed E-state index contributed by atoms with van der Waals surface area (Å²) in [6.45, 7) is 0. The van der Waals surface area contributed by atoms with Crippen LogP contribution in [0.2, 0.25) is 5.02 Å². The first-order valence-corrected chi connectivity index (χ1v) is 7.09. The number of hydrogen-bond donors (Lipinski definition) is 1. The summed E-state index contributed by atoms with van der Waals surface area (Å²) in [6.07, 6.45) is 1.47. The molecule has 0 radical (unpaired) electrons. The molecule has 0 saturated heterocycles. The van der Waals surface area contributed by atoms with Crippen molar-refractivity contribution in [1.82, 2.24) is 4.98 Å². The zero-order valence-electron chi connectivity index (χ0n) is 10.5. The fourth-order valence-electron chi connectivity index (χ4n) is 1.66. The van der Waals surface area contributed by atoms with Gasteiger partial charge >= 0.3 is 5.97 Å². The Balaban J connectivity index is 2.27. The molecule has 108 valence electrons. The van der Waals surface area contributed by atoms with Gasteiger partial charge in [-0.1, -0.05) is 11.6 Å². The Morgan fingerprint density at radius 1 is 1.43 bits per heavy atom. The number of rotatable bonds is 5. The molecule has 2 aromatic rings. The molecule has 0 spiro atoms. The maximum absolute atomic E-state index is 11.1. The van der Waals surface area contributed by atoms with Crippen molar-refractivity contribution >= 4 is 35.0 Å². The number of nitrogens with zero attached hydrogens (tertiary/aromatic N) is 2. The second kappa shape index (κ2) is 6.55. The third-order valence-corrected chi connectivity index (χ3v) is 3.89. The summed E-state index contributed by atoms with van der Waals surface area (Å²) < 4.78 is 0. The van der Waals surface area contributed by atoms with Gasteiger partial charge in [0, 0.05) is 28.6 Å². The Hall–Kier alpha value is -2.12. The molecule has 1 aromatic carbocycles. The highest BCUT2D eigenvalue weighted by Crippen LogP contribution is 2.30. The first-order valence-electron chi connectivity index (χ1n) is 5.73. The van der Waals surface area contributed by atoms with E-state index in [4.69, 9.17) is 16.7 Å². The number of carboxylic acids is 1. The molecule has 1 heterocycles. The van der Waals surface area contributed by atoms with E-state index in [-0.39, 0.29) is 17.0 Å². The average molecular weight is 325 g/mol. The Morgan fingerprint density at radius 2 is 2.19 bits per heavy atom. The monoisotopic (exact) mass is 324 g/mol. The number of hydrogen-bond acceptors (Lipinski definition) is 5. The van der Waals surface area contributed by atoms with Crippen LogP contribution in [0.3, 0.4) is 0 Å². The van der Waals surface area contributed by atoms with Crippen molar-refractivity contribution in [3.05, 3.63) is 62.8 Å². The Morgan fingerprint density at radius 3 is 2.86 bits per heavy atom. The molecule has 0 aliphatic carbocycles. The number of benzene rings is 1. The number of pyridine rings is 1. The minimum Gasteiger partial charge on any atom is -0.478 e. The van der Waals surface area contributed by atoms with Crippen LogP contribution in [0.25, 0.3) is 0 Å². The smallest absolute Gasteiger partial charge is 0.338 e. The number of carboxylic acid groups (broad SMARTS) is 1. The van der Waals surface area contributed by atoms with Crippen LogP contribution in [0.4, 0.5) is 5.69 Å². The van der Waals surface area contributed by atoms with E-state index in [1.54, 1.807) is 0 Å². The van der Waals surface area contributed by atoms with Gasteiger partial charge in [-0.3, -0.25) is 10.1 Å². The first kappa shape index (κ1) is 15.3. The lowest BCUT2D eigenvalue weighted by Gasteiger charge is -2.05. The largest absolute Gasteiger partial charge is 0.478 e. The van der Waals surface area contributed by atoms with Gasteiger partial charge in [-0.05, 0) is 24.3 Å². The normalized spacial score (nSPS) is 10.3. The lowest BCUT2D eigenvalue weighted by atomic mass is 10.2. The number of nitro groups is 1. The fourth-order valence-corrected chi connectivity index (χ4v) is 2.83. The standard InChI is InChI=1S/C13H9ClN2O4S/c14-9-3-4-11(16(19)20)8(6-9)7-21-12-10(13(17)18)2-1-5-15-12/h1-6H,7H2,(H,17,18). The fraction of sp³-hybridized carbons (Fsp3) is 0.0769. The second-order valence-electron chi connectivity index (χ2n) is 3.98. The summed E-state index contributed by atoms with van der Waals surface area (Å²) in [5, 5.41) is 20.7. The van der Waals surface area contributed by atoms with E-state index in [0.717, 1.165) is 11.8 Å². The van der Waals surface area contributed by atoms with E-state index in [9.17, 15) is 14.9 Å². The minimum absolute atomic E-state index is 0.0558. The molecule has 0 fully saturated rings. The molecule has 0 atom stereocenters. The van der Waals surface area contributed by atoms with Crippen LogP contribution >= 0.6 is 23.4 Å². The molecule has 0 aliphatic rings. The third kappa shape index (κ3) is 3.71. The molecule has 0 unspecified atom stereocenters. The molecular formula is C13H9ClN2O4S. The summed E-state index contributed by atoms with van der Waals surface area (Å²) in [5.41, 5.74) is 0.423. The van der Waals surface area contributed by atoms with Gasteiger partial charge < -0.3 is 5.11 Å². The molecule has 8 heteroatoms. The van der Waals surface area contributed by atoms with E-state index in [2.05, 4.69) is 4.98 Å². The van der Waals surface area contributed by atoms with Crippen molar-refractivity contribution in [3.8, 4) is 0 Å². The predicted octanol–water partition coefficient (Wildman–Crippen LogP) is 3.63. The van der Waals surface area contributed by atoms with E-state index < -0.39 is 10.9 Å². The highest BCUT2D eigenvalue weighted by atomic mass is 35.5. The zero-order valence-corrected chi connectivity index (χ0v) is 12.1. The van der Waals surface area contributed by atoms with Gasteiger partial charge in [0.05, 0.1) is 10.5 Å². The van der Waals surface area contributed by atoms with E-state index in [1.807, 2.05) is 0 Å². The number of aromatic carboxylic acids is 1. The number of carbonyl (C=O) groups is 1. The average Bonchev–Trinajstić information content (AvgIpc) is 2.45. The molecule has 1 aromatic heterocycles. The van der Waals surface area contributed by atoms with Crippen LogP contribution in [0, 0.1) is 10.1 Å². The number of aromatic nitrogens is 1. The van der Waals surface area contributed by atoms with Crippen molar-refractivity contribution in [3.63, 3.8) is 0 Å². The second-order valence-corrected chi connectivity index (χ2v) is 5.38. The Kier molecular flexibility index (Phi) is 4.77. The van der Waals surface area contributed by atoms with Crippen LogP contribution in [0.15, 0.2) is 41.6 Å². The van der Waals surface area contributed by atoms with E-state index >= 15 is 0 Å². The van der Waals surface area contributed by atoms with E-state index in [0.29, 0.717) is 15.6 Å². The van der Waals surface area contributed by atoms with Gasteiger partial charge in [-0.15, -0.1) is 11.8 Å². The quantitative estimate of drug-likeness (QED) is 0.512. The molecule has 0 bridgehead atoms. The van der Waals surface area contributed by atoms with Gasteiger partial charge in [-0.25, -0.2) is 9.78 Å². The van der Waals surface area contributed by atoms with Gasteiger partial charge in [0.2, 0.25) is 0 Å². The number of nitro benzene ring substituents is 1. The Bertz CT molecular complexity index is 708. The highest BCUT2D eigenvalue weighted by Gasteiger charge is 2.16. The van der Waals surface area contributed by atoms with Crippen molar-refractivity contribution in [2.75, 3.05) is 0 Å². The Labute approximate surface area is 128 Å². The highest BCUT2D eigenvalue weighted by molar-refractivity contribution is 7.98. The molecule has 1 N–H and O–H groups in total. The summed E-state index contributed by atoms with van der Waals surface area (Å²) in [7, 11) is 0.